The number of H-pyrrole nitrogens is 1. The number of nitrogens with one attached hydrogen (secondary N) is 1. The number of rotatable bonds is 5. The molecule has 0 aliphatic heterocycles. The Labute approximate surface area is 140 Å². The number of nitrogens with zero attached hydrogens (tertiary/aromatic N) is 1. The Kier molecular flexibility index (Phi) is 5.82. The normalized spacial score (nSPS) is 26.0. The zero-order valence-corrected chi connectivity index (χ0v) is 15.3. The molecule has 0 spiro atoms. The van der Waals surface area contributed by atoms with E-state index in [4.69, 9.17) is 9.72 Å². The topological polar surface area (TPSA) is 55.0 Å². The number of hydrogen-bond acceptors (Lipinski definition) is 3. The van der Waals surface area contributed by atoms with Gasteiger partial charge in [-0.3, -0.25) is 4.79 Å². The number of halogens is 1. The molecule has 1 fully saturated rings. The second kappa shape index (κ2) is 7.22. The van der Waals surface area contributed by atoms with Crippen LogP contribution in [0.2, 0.25) is 0 Å². The zero-order chi connectivity index (χ0) is 15.5. The molecule has 0 bridgehead atoms. The van der Waals surface area contributed by atoms with E-state index in [1.807, 2.05) is 6.92 Å². The average Bonchev–Trinajstić information content (AvgIpc) is 2.47. The summed E-state index contributed by atoms with van der Waals surface area (Å²) in [6.07, 6.45) is 5.96. The highest BCUT2D eigenvalue weighted by atomic mass is 127. The fourth-order valence-electron chi connectivity index (χ4n) is 3.08. The Hall–Kier alpha value is -0.430. The van der Waals surface area contributed by atoms with Crippen LogP contribution in [0.25, 0.3) is 0 Å². The van der Waals surface area contributed by atoms with Crippen molar-refractivity contribution in [3.05, 3.63) is 25.4 Å². The quantitative estimate of drug-likeness (QED) is 0.761. The Morgan fingerprint density at radius 3 is 2.62 bits per heavy atom. The first-order chi connectivity index (χ1) is 10.0. The lowest BCUT2D eigenvalue weighted by Crippen LogP contribution is -2.38. The van der Waals surface area contributed by atoms with Crippen LogP contribution in [0.4, 0.5) is 0 Å². The van der Waals surface area contributed by atoms with E-state index in [9.17, 15) is 4.79 Å². The first-order valence-electron chi connectivity index (χ1n) is 7.95. The monoisotopic (exact) mass is 404 g/mol. The van der Waals surface area contributed by atoms with Crippen molar-refractivity contribution in [1.29, 1.82) is 0 Å². The summed E-state index contributed by atoms with van der Waals surface area (Å²) in [5.74, 6) is 1.47. The van der Waals surface area contributed by atoms with Gasteiger partial charge in [-0.05, 0) is 67.5 Å². The smallest absolute Gasteiger partial charge is 0.264 e. The number of ether oxygens (including phenoxy) is 1. The van der Waals surface area contributed by atoms with Crippen molar-refractivity contribution in [2.75, 3.05) is 6.61 Å². The first-order valence-corrected chi connectivity index (χ1v) is 9.03. The van der Waals surface area contributed by atoms with E-state index in [2.05, 4.69) is 41.4 Å². The largest absolute Gasteiger partial charge is 0.367 e. The summed E-state index contributed by atoms with van der Waals surface area (Å²) in [6.45, 7) is 7.05. The lowest BCUT2D eigenvalue weighted by atomic mass is 9.78. The highest BCUT2D eigenvalue weighted by Gasteiger charge is 2.39. The van der Waals surface area contributed by atoms with Gasteiger partial charge >= 0.3 is 0 Å². The van der Waals surface area contributed by atoms with Gasteiger partial charge in [0.1, 0.15) is 11.4 Å². The van der Waals surface area contributed by atoms with Crippen LogP contribution in [0.3, 0.4) is 0 Å². The Morgan fingerprint density at radius 1 is 1.38 bits per heavy atom. The van der Waals surface area contributed by atoms with E-state index in [0.29, 0.717) is 10.2 Å². The maximum Gasteiger partial charge on any atom is 0.264 e. The molecular formula is C16H25IN2O2. The fourth-order valence-corrected chi connectivity index (χ4v) is 3.60. The molecule has 0 radical (unpaired) electrons. The summed E-state index contributed by atoms with van der Waals surface area (Å²) in [4.78, 5) is 20.0. The van der Waals surface area contributed by atoms with E-state index in [1.165, 1.54) is 0 Å². The summed E-state index contributed by atoms with van der Waals surface area (Å²) in [6, 6.07) is 0. The molecule has 1 N–H and O–H groups in total. The van der Waals surface area contributed by atoms with E-state index < -0.39 is 5.60 Å². The molecule has 1 saturated carbocycles. The van der Waals surface area contributed by atoms with Gasteiger partial charge in [-0.1, -0.05) is 20.3 Å². The van der Waals surface area contributed by atoms with Crippen LogP contribution in [0.1, 0.15) is 64.4 Å². The van der Waals surface area contributed by atoms with E-state index in [-0.39, 0.29) is 5.56 Å². The Morgan fingerprint density at radius 2 is 2.05 bits per heavy atom. The van der Waals surface area contributed by atoms with Gasteiger partial charge in [0.25, 0.3) is 5.56 Å². The van der Waals surface area contributed by atoms with E-state index in [0.717, 1.165) is 56.0 Å². The molecule has 1 aliphatic carbocycles. The molecule has 5 heteroatoms. The number of aromatic amines is 1. The minimum Gasteiger partial charge on any atom is -0.367 e. The van der Waals surface area contributed by atoms with Crippen LogP contribution >= 0.6 is 22.6 Å². The highest BCUT2D eigenvalue weighted by Crippen LogP contribution is 2.40. The van der Waals surface area contributed by atoms with Crippen LogP contribution in [0.15, 0.2) is 4.79 Å². The molecule has 0 amide bonds. The van der Waals surface area contributed by atoms with Crippen LogP contribution in [0.5, 0.6) is 0 Å². The third-order valence-corrected chi connectivity index (χ3v) is 5.46. The number of aryl methyl sites for hydroxylation is 1. The third-order valence-electron chi connectivity index (χ3n) is 4.35. The molecule has 0 saturated heterocycles. The van der Waals surface area contributed by atoms with Crippen LogP contribution in [0, 0.1) is 9.49 Å². The summed E-state index contributed by atoms with van der Waals surface area (Å²) in [7, 11) is 0. The lowest BCUT2D eigenvalue weighted by molar-refractivity contribution is -0.0840. The second-order valence-electron chi connectivity index (χ2n) is 6.04. The van der Waals surface area contributed by atoms with Crippen molar-refractivity contribution in [1.82, 2.24) is 9.97 Å². The van der Waals surface area contributed by atoms with Crippen molar-refractivity contribution in [2.45, 2.75) is 64.9 Å². The lowest BCUT2D eigenvalue weighted by Gasteiger charge is -2.38. The van der Waals surface area contributed by atoms with Gasteiger partial charge in [-0.15, -0.1) is 0 Å². The fraction of sp³-hybridized carbons (Fsp3) is 0.750. The van der Waals surface area contributed by atoms with Crippen molar-refractivity contribution >= 4 is 22.6 Å². The number of hydrogen-bond donors (Lipinski definition) is 1. The number of aromatic nitrogens is 2. The Balaban J connectivity index is 2.43. The molecule has 118 valence electrons. The van der Waals surface area contributed by atoms with E-state index >= 15 is 0 Å². The molecule has 0 atom stereocenters. The average molecular weight is 404 g/mol. The van der Waals surface area contributed by atoms with Gasteiger partial charge in [0.05, 0.1) is 9.26 Å². The van der Waals surface area contributed by atoms with Crippen LogP contribution in [-0.2, 0) is 16.8 Å². The third kappa shape index (κ3) is 3.67. The highest BCUT2D eigenvalue weighted by molar-refractivity contribution is 14.1. The molecule has 0 unspecified atom stereocenters. The summed E-state index contributed by atoms with van der Waals surface area (Å²) in [5, 5.41) is 0. The van der Waals surface area contributed by atoms with Gasteiger partial charge in [-0.25, -0.2) is 4.98 Å². The molecule has 21 heavy (non-hydrogen) atoms. The predicted octanol–water partition coefficient (Wildman–Crippen LogP) is 3.77. The van der Waals surface area contributed by atoms with Crippen molar-refractivity contribution in [3.8, 4) is 0 Å². The predicted molar refractivity (Wildman–Crippen MR) is 92.5 cm³/mol. The molecule has 1 aromatic rings. The van der Waals surface area contributed by atoms with Gasteiger partial charge in [0.15, 0.2) is 0 Å². The maximum absolute atomic E-state index is 12.2. The molecule has 2 rings (SSSR count). The Bertz CT molecular complexity index is 534. The zero-order valence-electron chi connectivity index (χ0n) is 13.2. The van der Waals surface area contributed by atoms with Crippen molar-refractivity contribution in [3.63, 3.8) is 0 Å². The second-order valence-corrected chi connectivity index (χ2v) is 7.11. The summed E-state index contributed by atoms with van der Waals surface area (Å²) < 4.78 is 6.81. The van der Waals surface area contributed by atoms with Gasteiger partial charge in [0.2, 0.25) is 0 Å². The van der Waals surface area contributed by atoms with Crippen molar-refractivity contribution < 1.29 is 4.74 Å². The van der Waals surface area contributed by atoms with Crippen LogP contribution < -0.4 is 5.56 Å². The molecule has 1 aromatic heterocycles. The van der Waals surface area contributed by atoms with Crippen LogP contribution in [-0.4, -0.2) is 16.6 Å². The molecule has 1 heterocycles. The summed E-state index contributed by atoms with van der Waals surface area (Å²) in [5.41, 5.74) is 0.490. The molecule has 0 aromatic carbocycles. The first kappa shape index (κ1) is 16.9. The SMILES string of the molecule is CCCc1nc(C2(OCC)CCC(C)CC2)[nH]c(=O)c1I. The minimum atomic E-state index is -0.396. The van der Waals surface area contributed by atoms with Crippen molar-refractivity contribution in [2.24, 2.45) is 5.92 Å². The maximum atomic E-state index is 12.2. The minimum absolute atomic E-state index is 0.0262. The molecular weight excluding hydrogens is 379 g/mol. The standard InChI is InChI=1S/C16H25IN2O2/c1-4-6-12-13(17)14(20)19-15(18-12)16(21-5-2)9-7-11(3)8-10-16/h11H,4-10H2,1-3H3,(H,18,19,20). The summed E-state index contributed by atoms with van der Waals surface area (Å²) >= 11 is 2.10. The molecule has 4 nitrogen and oxygen atoms in total. The van der Waals surface area contributed by atoms with Gasteiger partial charge in [-0.2, -0.15) is 0 Å². The molecule has 1 aliphatic rings. The van der Waals surface area contributed by atoms with E-state index in [1.54, 1.807) is 0 Å². The van der Waals surface area contributed by atoms with Gasteiger partial charge < -0.3 is 9.72 Å². The van der Waals surface area contributed by atoms with Gasteiger partial charge in [0, 0.05) is 6.61 Å².